The van der Waals surface area contributed by atoms with Gasteiger partial charge in [0.1, 0.15) is 0 Å². The summed E-state index contributed by atoms with van der Waals surface area (Å²) in [7, 11) is -3.66. The number of amides is 1. The highest BCUT2D eigenvalue weighted by molar-refractivity contribution is 7.96. The average molecular weight is 363 g/mol. The third-order valence-corrected chi connectivity index (χ3v) is 5.17. The van der Waals surface area contributed by atoms with Crippen molar-refractivity contribution < 1.29 is 18.3 Å². The Kier molecular flexibility index (Phi) is 4.75. The van der Waals surface area contributed by atoms with Crippen molar-refractivity contribution in [3.05, 3.63) is 52.9 Å². The average Bonchev–Trinajstić information content (AvgIpc) is 3.19. The van der Waals surface area contributed by atoms with E-state index >= 15 is 0 Å². The van der Waals surface area contributed by atoms with Gasteiger partial charge in [-0.25, -0.2) is 4.21 Å². The van der Waals surface area contributed by atoms with E-state index in [4.69, 9.17) is 4.74 Å². The molecule has 0 bridgehead atoms. The first-order valence-corrected chi connectivity index (χ1v) is 8.84. The predicted molar refractivity (Wildman–Crippen MR) is 89.0 cm³/mol. The van der Waals surface area contributed by atoms with E-state index in [0.29, 0.717) is 36.1 Å². The molecule has 0 aromatic carbocycles. The van der Waals surface area contributed by atoms with Gasteiger partial charge in [0.15, 0.2) is 4.98 Å². The molecule has 1 atom stereocenters. The lowest BCUT2D eigenvalue weighted by molar-refractivity contribution is -0.130. The van der Waals surface area contributed by atoms with Gasteiger partial charge in [0.05, 0.1) is 36.0 Å². The summed E-state index contributed by atoms with van der Waals surface area (Å²) in [4.78, 5) is 17.1. The van der Waals surface area contributed by atoms with Gasteiger partial charge in [0.25, 0.3) is 0 Å². The molecule has 2 heterocycles. The summed E-state index contributed by atoms with van der Waals surface area (Å²) in [6.45, 7) is 1.66. The van der Waals surface area contributed by atoms with Crippen molar-refractivity contribution >= 4 is 20.8 Å². The summed E-state index contributed by atoms with van der Waals surface area (Å²) in [6, 6.07) is 0. The quantitative estimate of drug-likeness (QED) is 0.447. The van der Waals surface area contributed by atoms with Crippen LogP contribution in [0.15, 0.2) is 48.0 Å². The van der Waals surface area contributed by atoms with E-state index in [-0.39, 0.29) is 10.6 Å². The Morgan fingerprint density at radius 1 is 1.20 bits per heavy atom. The first-order chi connectivity index (χ1) is 12.0. The number of aromatic nitrogens is 3. The molecule has 2 aliphatic rings. The van der Waals surface area contributed by atoms with E-state index in [0.717, 1.165) is 0 Å². The van der Waals surface area contributed by atoms with E-state index < -0.39 is 15.9 Å². The van der Waals surface area contributed by atoms with E-state index in [2.05, 4.69) is 15.2 Å². The molecule has 1 fully saturated rings. The lowest BCUT2D eigenvalue weighted by Crippen LogP contribution is -2.41. The van der Waals surface area contributed by atoms with Crippen molar-refractivity contribution in [3.63, 3.8) is 0 Å². The number of carbonyl (C=O) groups excluding carboxylic acids is 1. The monoisotopic (exact) mass is 363 g/mol. The van der Waals surface area contributed by atoms with E-state index in [9.17, 15) is 18.9 Å². The highest BCUT2D eigenvalue weighted by atomic mass is 32.2. The maximum atomic E-state index is 12.4. The van der Waals surface area contributed by atoms with Gasteiger partial charge in [0, 0.05) is 13.1 Å². The summed E-state index contributed by atoms with van der Waals surface area (Å²) < 4.78 is 28.4. The lowest BCUT2D eigenvalue weighted by atomic mass is 10.1. The molecular weight excluding hydrogens is 348 g/mol. The van der Waals surface area contributed by atoms with Crippen molar-refractivity contribution in [1.29, 1.82) is 5.39 Å². The molecule has 1 aliphatic heterocycles. The van der Waals surface area contributed by atoms with Gasteiger partial charge in [-0.2, -0.15) is 0 Å². The van der Waals surface area contributed by atoms with Gasteiger partial charge in [-0.05, 0) is 24.3 Å². The molecule has 1 unspecified atom stereocenters. The Labute approximate surface area is 143 Å². The molecule has 0 radical (unpaired) electrons. The molecule has 1 aliphatic carbocycles. The highest BCUT2D eigenvalue weighted by Crippen LogP contribution is 2.18. The standard InChI is InChI=1S/C14H14N6O4S/c15-18-13(14(21)19-7-9-24-10-8-19)11-1-3-12(4-2-11)25(22,23)20-16-5-6-17-20/h1-6H,7-10H2/p+1. The molecule has 0 saturated carbocycles. The van der Waals surface area contributed by atoms with Gasteiger partial charge < -0.3 is 9.64 Å². The van der Waals surface area contributed by atoms with Crippen LogP contribution in [0, 0.1) is 5.39 Å². The van der Waals surface area contributed by atoms with Crippen LogP contribution in [0.5, 0.6) is 0 Å². The number of nitrogens with zero attached hydrogens (tertiary/aromatic N) is 6. The predicted octanol–water partition coefficient (Wildman–Crippen LogP) is 0.0630. The van der Waals surface area contributed by atoms with Gasteiger partial charge >= 0.3 is 11.6 Å². The smallest absolute Gasteiger partial charge is 0.378 e. The third kappa shape index (κ3) is 3.36. The summed E-state index contributed by atoms with van der Waals surface area (Å²) in [5.41, 5.74) is 0.182. The van der Waals surface area contributed by atoms with Crippen molar-refractivity contribution in [2.24, 2.45) is 0 Å². The van der Waals surface area contributed by atoms with Crippen LogP contribution in [0.3, 0.4) is 0 Å². The van der Waals surface area contributed by atoms with Crippen LogP contribution in [0.25, 0.3) is 4.98 Å². The molecule has 1 aromatic heterocycles. The third-order valence-electron chi connectivity index (χ3n) is 3.65. The zero-order valence-electron chi connectivity index (χ0n) is 13.1. The minimum Gasteiger partial charge on any atom is -0.378 e. The molecule has 10 nitrogen and oxygen atoms in total. The summed E-state index contributed by atoms with van der Waals surface area (Å²) in [5, 5.41) is 16.6. The number of hydrogen-bond donors (Lipinski definition) is 1. The number of morpholine rings is 1. The second-order valence-electron chi connectivity index (χ2n) is 5.16. The second-order valence-corrected chi connectivity index (χ2v) is 6.95. The normalized spacial score (nSPS) is 19.4. The van der Waals surface area contributed by atoms with Gasteiger partial charge in [0.2, 0.25) is 15.4 Å². The molecule has 1 N–H and O–H groups in total. The summed E-state index contributed by atoms with van der Waals surface area (Å²) in [5.74, 6) is -0.433. The van der Waals surface area contributed by atoms with Crippen molar-refractivity contribution in [2.45, 2.75) is 0 Å². The molecule has 25 heavy (non-hydrogen) atoms. The maximum absolute atomic E-state index is 12.4. The fourth-order valence-electron chi connectivity index (χ4n) is 2.36. The summed E-state index contributed by atoms with van der Waals surface area (Å²) >= 11 is 0. The number of ether oxygens (including phenoxy) is 1. The SMILES string of the molecule is N#[N+]C(C(=O)N1CCOCC1)=C1C=CC(=S(=O)(O)n2nccn2)C=C1. The van der Waals surface area contributed by atoms with Crippen LogP contribution in [0.2, 0.25) is 0 Å². The number of diazo groups is 1. The van der Waals surface area contributed by atoms with E-state index in [1.165, 1.54) is 41.6 Å². The Bertz CT molecular complexity index is 907. The summed E-state index contributed by atoms with van der Waals surface area (Å²) in [6.07, 6.45) is 8.17. The zero-order chi connectivity index (χ0) is 17.9. The highest BCUT2D eigenvalue weighted by Gasteiger charge is 2.33. The Morgan fingerprint density at radius 2 is 1.80 bits per heavy atom. The van der Waals surface area contributed by atoms with Crippen LogP contribution in [-0.2, 0) is 19.5 Å². The Morgan fingerprint density at radius 3 is 2.36 bits per heavy atom. The zero-order valence-corrected chi connectivity index (χ0v) is 13.9. The number of allylic oxidation sites excluding steroid dienone is 5. The molecule has 1 aromatic rings. The molecular formula is C14H15N6O4S+. The van der Waals surface area contributed by atoms with Crippen LogP contribution < -0.4 is 0 Å². The van der Waals surface area contributed by atoms with Crippen LogP contribution >= 0.6 is 0 Å². The van der Waals surface area contributed by atoms with Crippen molar-refractivity contribution in [3.8, 4) is 0 Å². The number of carbonyl (C=O) groups is 1. The lowest BCUT2D eigenvalue weighted by Gasteiger charge is -2.24. The van der Waals surface area contributed by atoms with Crippen LogP contribution in [-0.4, -0.2) is 65.1 Å². The molecule has 11 heteroatoms. The van der Waals surface area contributed by atoms with E-state index in [1.807, 2.05) is 0 Å². The largest absolute Gasteiger partial charge is 0.456 e. The molecule has 1 saturated heterocycles. The van der Waals surface area contributed by atoms with Gasteiger partial charge in [-0.1, -0.05) is 4.20 Å². The van der Waals surface area contributed by atoms with Gasteiger partial charge in [-0.3, -0.25) is 9.35 Å². The second kappa shape index (κ2) is 6.98. The molecule has 0 spiro atoms. The van der Waals surface area contributed by atoms with E-state index in [1.54, 1.807) is 0 Å². The topological polar surface area (TPSA) is 126 Å². The van der Waals surface area contributed by atoms with Crippen LogP contribution in [0.4, 0.5) is 0 Å². The maximum Gasteiger partial charge on any atom is 0.456 e. The van der Waals surface area contributed by atoms with Gasteiger partial charge in [-0.15, -0.1) is 10.2 Å². The van der Waals surface area contributed by atoms with Crippen molar-refractivity contribution in [2.75, 3.05) is 26.3 Å². The fraction of sp³-hybridized carbons (Fsp3) is 0.286. The fourth-order valence-corrected chi connectivity index (χ4v) is 3.40. The molecule has 3 rings (SSSR count). The Hall–Kier alpha value is -2.81. The molecule has 130 valence electrons. The first-order valence-electron chi connectivity index (χ1n) is 7.37. The minimum atomic E-state index is -3.66. The Balaban J connectivity index is 1.92. The molecule has 1 amide bonds. The number of rotatable bonds is 2. The minimum absolute atomic E-state index is 0.0589. The van der Waals surface area contributed by atoms with Crippen LogP contribution in [0.1, 0.15) is 0 Å². The first kappa shape index (κ1) is 17.0. The number of hydrogen-bond acceptors (Lipinski definition) is 6. The van der Waals surface area contributed by atoms with Crippen molar-refractivity contribution in [1.82, 2.24) is 19.3 Å².